The van der Waals surface area contributed by atoms with E-state index in [-0.39, 0.29) is 21.8 Å². The van der Waals surface area contributed by atoms with Crippen molar-refractivity contribution >= 4 is 54.6 Å². The van der Waals surface area contributed by atoms with Gasteiger partial charge in [-0.1, -0.05) is 11.6 Å². The second-order valence-corrected chi connectivity index (χ2v) is 11.7. The molecule has 0 heterocycles. The Kier molecular flexibility index (Phi) is 7.58. The lowest BCUT2D eigenvalue weighted by molar-refractivity contribution is -0.137. The van der Waals surface area contributed by atoms with Gasteiger partial charge in [-0.2, -0.15) is 13.2 Å². The number of halogens is 4. The average molecular weight is 562 g/mol. The Morgan fingerprint density at radius 3 is 1.97 bits per heavy atom. The number of hydrogen-bond donors (Lipinski definition) is 2. The first kappa shape index (κ1) is 27.3. The fourth-order valence-corrected chi connectivity index (χ4v) is 4.73. The van der Waals surface area contributed by atoms with Crippen molar-refractivity contribution in [2.24, 2.45) is 0 Å². The summed E-state index contributed by atoms with van der Waals surface area (Å²) in [6.45, 7) is 0. The highest BCUT2D eigenvalue weighted by atomic mass is 35.5. The minimum Gasteiger partial charge on any atom is -0.322 e. The summed E-state index contributed by atoms with van der Waals surface area (Å²) < 4.78 is 90.6. The Balaban J connectivity index is 1.72. The SMILES string of the molecule is CN(c1ccc(C(=O)Nc2ccc(S(=O)(=O)Nc3ccc(Cl)c(C(F)(F)F)c3)cc2)cc1)S(C)(=O)=O. The number of nitrogens with one attached hydrogen (secondary N) is 2. The van der Waals surface area contributed by atoms with E-state index in [1.165, 1.54) is 55.6 Å². The number of anilines is 3. The number of hydrogen-bond acceptors (Lipinski definition) is 5. The second-order valence-electron chi connectivity index (χ2n) is 7.55. The van der Waals surface area contributed by atoms with E-state index >= 15 is 0 Å². The van der Waals surface area contributed by atoms with Crippen LogP contribution in [0.15, 0.2) is 71.6 Å². The van der Waals surface area contributed by atoms with Crippen LogP contribution in [0.3, 0.4) is 0 Å². The number of carbonyl (C=O) groups excluding carboxylic acids is 1. The minimum absolute atomic E-state index is 0.224. The number of alkyl halides is 3. The number of carbonyl (C=O) groups is 1. The van der Waals surface area contributed by atoms with Gasteiger partial charge in [-0.15, -0.1) is 0 Å². The third-order valence-electron chi connectivity index (χ3n) is 4.94. The molecule has 192 valence electrons. The molecule has 0 spiro atoms. The van der Waals surface area contributed by atoms with Gasteiger partial charge < -0.3 is 5.32 Å². The number of amides is 1. The van der Waals surface area contributed by atoms with E-state index in [4.69, 9.17) is 11.6 Å². The zero-order valence-electron chi connectivity index (χ0n) is 18.7. The van der Waals surface area contributed by atoms with Crippen LogP contribution in [0.2, 0.25) is 5.02 Å². The topological polar surface area (TPSA) is 113 Å². The van der Waals surface area contributed by atoms with Gasteiger partial charge in [0.25, 0.3) is 15.9 Å². The molecule has 14 heteroatoms. The molecule has 0 aromatic heterocycles. The summed E-state index contributed by atoms with van der Waals surface area (Å²) in [6.07, 6.45) is -3.72. The number of nitrogens with zero attached hydrogens (tertiary/aromatic N) is 1. The lowest BCUT2D eigenvalue weighted by atomic mass is 10.2. The van der Waals surface area contributed by atoms with Gasteiger partial charge >= 0.3 is 6.18 Å². The minimum atomic E-state index is -4.76. The first-order valence-electron chi connectivity index (χ1n) is 9.93. The van der Waals surface area contributed by atoms with Crippen molar-refractivity contribution in [2.75, 3.05) is 27.6 Å². The zero-order valence-corrected chi connectivity index (χ0v) is 21.1. The van der Waals surface area contributed by atoms with E-state index < -0.39 is 42.7 Å². The molecular weight excluding hydrogens is 543 g/mol. The van der Waals surface area contributed by atoms with Crippen LogP contribution in [0.1, 0.15) is 15.9 Å². The second kappa shape index (κ2) is 9.99. The van der Waals surface area contributed by atoms with Crippen LogP contribution in [-0.4, -0.2) is 36.0 Å². The Morgan fingerprint density at radius 1 is 0.889 bits per heavy atom. The molecule has 0 radical (unpaired) electrons. The summed E-state index contributed by atoms with van der Waals surface area (Å²) in [7, 11) is -6.33. The quantitative estimate of drug-likeness (QED) is 0.430. The first-order valence-corrected chi connectivity index (χ1v) is 13.6. The van der Waals surface area contributed by atoms with E-state index in [0.717, 1.165) is 22.7 Å². The fourth-order valence-electron chi connectivity index (χ4n) is 2.95. The van der Waals surface area contributed by atoms with E-state index in [0.29, 0.717) is 11.8 Å². The monoisotopic (exact) mass is 561 g/mol. The zero-order chi connectivity index (χ0) is 26.9. The third kappa shape index (κ3) is 6.47. The summed E-state index contributed by atoms with van der Waals surface area (Å²) in [6, 6.07) is 13.3. The van der Waals surface area contributed by atoms with Crippen molar-refractivity contribution in [2.45, 2.75) is 11.1 Å². The van der Waals surface area contributed by atoms with Crippen LogP contribution in [0.5, 0.6) is 0 Å². The summed E-state index contributed by atoms with van der Waals surface area (Å²) in [5.74, 6) is -0.530. The maximum Gasteiger partial charge on any atom is 0.417 e. The molecule has 0 aliphatic heterocycles. The van der Waals surface area contributed by atoms with E-state index in [9.17, 15) is 34.8 Å². The van der Waals surface area contributed by atoms with Gasteiger partial charge in [0.15, 0.2) is 0 Å². The first-order chi connectivity index (χ1) is 16.6. The van der Waals surface area contributed by atoms with Crippen LogP contribution in [0.25, 0.3) is 0 Å². The van der Waals surface area contributed by atoms with Crippen molar-refractivity contribution in [1.82, 2.24) is 0 Å². The maximum atomic E-state index is 13.0. The standard InChI is InChI=1S/C22H19ClF3N3O5S2/c1-29(35(2,31)32)17-8-3-14(4-9-17)21(30)27-15-5-10-18(11-6-15)36(33,34)28-16-7-12-20(23)19(13-16)22(24,25)26/h3-13,28H,1-2H3,(H,27,30). The molecule has 2 N–H and O–H groups in total. The van der Waals surface area contributed by atoms with Crippen LogP contribution in [0, 0.1) is 0 Å². The molecule has 0 saturated carbocycles. The van der Waals surface area contributed by atoms with Crippen LogP contribution >= 0.6 is 11.6 Å². The molecular formula is C22H19ClF3N3O5S2. The molecule has 0 unspecified atom stereocenters. The highest BCUT2D eigenvalue weighted by Gasteiger charge is 2.33. The molecule has 3 aromatic carbocycles. The number of benzene rings is 3. The van der Waals surface area contributed by atoms with E-state index in [1.54, 1.807) is 0 Å². The molecule has 0 aliphatic rings. The molecule has 0 aliphatic carbocycles. The molecule has 8 nitrogen and oxygen atoms in total. The third-order valence-corrected chi connectivity index (χ3v) is 7.87. The number of sulfonamides is 2. The fraction of sp³-hybridized carbons (Fsp3) is 0.136. The summed E-state index contributed by atoms with van der Waals surface area (Å²) in [5.41, 5.74) is -0.670. The molecule has 3 rings (SSSR count). The van der Waals surface area contributed by atoms with Crippen molar-refractivity contribution in [3.63, 3.8) is 0 Å². The predicted molar refractivity (Wildman–Crippen MR) is 131 cm³/mol. The Morgan fingerprint density at radius 2 is 1.44 bits per heavy atom. The van der Waals surface area contributed by atoms with Gasteiger partial charge in [-0.05, 0) is 66.7 Å². The van der Waals surface area contributed by atoms with E-state index in [2.05, 4.69) is 10.0 Å². The van der Waals surface area contributed by atoms with Gasteiger partial charge in [0.2, 0.25) is 10.0 Å². The van der Waals surface area contributed by atoms with Crippen molar-refractivity contribution in [1.29, 1.82) is 0 Å². The molecule has 3 aromatic rings. The lowest BCUT2D eigenvalue weighted by Crippen LogP contribution is -2.24. The van der Waals surface area contributed by atoms with Crippen LogP contribution < -0.4 is 14.3 Å². The Hall–Kier alpha value is -3.29. The summed E-state index contributed by atoms with van der Waals surface area (Å²) in [4.78, 5) is 12.2. The Labute approximate surface area is 210 Å². The van der Waals surface area contributed by atoms with Gasteiger partial charge in [-0.3, -0.25) is 13.8 Å². The van der Waals surface area contributed by atoms with Gasteiger partial charge in [0, 0.05) is 24.0 Å². The van der Waals surface area contributed by atoms with Crippen molar-refractivity contribution in [3.8, 4) is 0 Å². The highest BCUT2D eigenvalue weighted by molar-refractivity contribution is 7.92. The molecule has 0 bridgehead atoms. The van der Waals surface area contributed by atoms with Gasteiger partial charge in [0.05, 0.1) is 27.4 Å². The van der Waals surface area contributed by atoms with Gasteiger partial charge in [-0.25, -0.2) is 16.8 Å². The largest absolute Gasteiger partial charge is 0.417 e. The predicted octanol–water partition coefficient (Wildman–Crippen LogP) is 4.81. The molecule has 1 amide bonds. The lowest BCUT2D eigenvalue weighted by Gasteiger charge is -2.16. The molecule has 36 heavy (non-hydrogen) atoms. The normalized spacial score (nSPS) is 12.2. The number of rotatable bonds is 7. The summed E-state index contributed by atoms with van der Waals surface area (Å²) >= 11 is 5.55. The van der Waals surface area contributed by atoms with Gasteiger partial charge in [0.1, 0.15) is 0 Å². The molecule has 0 atom stereocenters. The Bertz CT molecular complexity index is 1490. The average Bonchev–Trinajstić information content (AvgIpc) is 2.79. The van der Waals surface area contributed by atoms with Crippen molar-refractivity contribution < 1.29 is 34.8 Å². The van der Waals surface area contributed by atoms with Crippen LogP contribution in [0.4, 0.5) is 30.2 Å². The summed E-state index contributed by atoms with van der Waals surface area (Å²) in [5, 5.41) is 2.00. The maximum absolute atomic E-state index is 13.0. The highest BCUT2D eigenvalue weighted by Crippen LogP contribution is 2.36. The molecule has 0 fully saturated rings. The van der Waals surface area contributed by atoms with Crippen molar-refractivity contribution in [3.05, 3.63) is 82.9 Å². The van der Waals surface area contributed by atoms with E-state index in [1.807, 2.05) is 0 Å². The smallest absolute Gasteiger partial charge is 0.322 e. The molecule has 0 saturated heterocycles. The van der Waals surface area contributed by atoms with Crippen LogP contribution in [-0.2, 0) is 26.2 Å².